The van der Waals surface area contributed by atoms with Gasteiger partial charge in [-0.2, -0.15) is 0 Å². The SMILES string of the molecule is C=CCO[C@@]12Oc3ccc(OC(=O)NCc4ccccc4)cc3[C@H]3[C@H](CCCCO)[C@@H](CCCCO)C=C(C(=NOC)C[C@@H]1N(C)C(=O)OCC)[C@H]32. The van der Waals surface area contributed by atoms with Crippen LogP contribution in [0.4, 0.5) is 9.59 Å². The number of aliphatic hydroxyl groups excluding tert-OH is 2. The number of fused-ring (bicyclic) bond motifs is 2. The second-order valence-electron chi connectivity index (χ2n) is 13.5. The molecule has 1 saturated carbocycles. The zero-order chi connectivity index (χ0) is 37.1. The van der Waals surface area contributed by atoms with Crippen LogP contribution in [0.25, 0.3) is 0 Å². The van der Waals surface area contributed by atoms with Crippen LogP contribution in [0.5, 0.6) is 11.5 Å². The molecule has 0 unspecified atom stereocenters. The Morgan fingerprint density at radius 1 is 1.10 bits per heavy atom. The molecule has 52 heavy (non-hydrogen) atoms. The van der Waals surface area contributed by atoms with Crippen molar-refractivity contribution in [2.75, 3.05) is 40.6 Å². The average molecular weight is 720 g/mol. The van der Waals surface area contributed by atoms with Crippen molar-refractivity contribution in [1.29, 1.82) is 0 Å². The van der Waals surface area contributed by atoms with Crippen LogP contribution in [-0.2, 0) is 20.9 Å². The highest BCUT2D eigenvalue weighted by molar-refractivity contribution is 6.02. The highest BCUT2D eigenvalue weighted by Gasteiger charge is 2.65. The molecule has 2 amide bonds. The van der Waals surface area contributed by atoms with Crippen molar-refractivity contribution >= 4 is 17.9 Å². The van der Waals surface area contributed by atoms with Crippen molar-refractivity contribution in [3.8, 4) is 11.5 Å². The minimum absolute atomic E-state index is 0.0333. The average Bonchev–Trinajstić information content (AvgIpc) is 3.15. The van der Waals surface area contributed by atoms with Gasteiger partial charge in [-0.05, 0) is 73.8 Å². The van der Waals surface area contributed by atoms with Gasteiger partial charge in [0, 0.05) is 44.7 Å². The maximum absolute atomic E-state index is 13.4. The van der Waals surface area contributed by atoms with Crippen LogP contribution >= 0.6 is 0 Å². The van der Waals surface area contributed by atoms with E-state index < -0.39 is 29.9 Å². The zero-order valence-corrected chi connectivity index (χ0v) is 30.5. The van der Waals surface area contributed by atoms with Crippen molar-refractivity contribution in [3.05, 3.63) is 84.0 Å². The normalized spacial score (nSPS) is 25.1. The summed E-state index contributed by atoms with van der Waals surface area (Å²) in [5.74, 6) is -1.08. The van der Waals surface area contributed by atoms with Crippen molar-refractivity contribution in [1.82, 2.24) is 10.2 Å². The minimum Gasteiger partial charge on any atom is -0.459 e. The fourth-order valence-corrected chi connectivity index (χ4v) is 8.17. The molecule has 1 heterocycles. The molecule has 0 spiro atoms. The number of unbranched alkanes of at least 4 members (excludes halogenated alkanes) is 2. The molecule has 0 radical (unpaired) electrons. The number of hydrogen-bond acceptors (Lipinski definition) is 10. The van der Waals surface area contributed by atoms with Crippen LogP contribution < -0.4 is 14.8 Å². The number of nitrogens with one attached hydrogen (secondary N) is 1. The van der Waals surface area contributed by atoms with E-state index in [1.807, 2.05) is 36.4 Å². The Morgan fingerprint density at radius 2 is 1.85 bits per heavy atom. The molecule has 2 aromatic carbocycles. The number of nitrogens with zero attached hydrogens (tertiary/aromatic N) is 2. The van der Waals surface area contributed by atoms with E-state index in [9.17, 15) is 19.8 Å². The van der Waals surface area contributed by atoms with Gasteiger partial charge in [-0.15, -0.1) is 6.58 Å². The van der Waals surface area contributed by atoms with Gasteiger partial charge in [0.15, 0.2) is 0 Å². The number of hydrogen-bond donors (Lipinski definition) is 3. The Labute approximate surface area is 306 Å². The van der Waals surface area contributed by atoms with Crippen molar-refractivity contribution in [2.24, 2.45) is 22.9 Å². The molecule has 12 heteroatoms. The van der Waals surface area contributed by atoms with E-state index in [0.717, 1.165) is 42.4 Å². The van der Waals surface area contributed by atoms with E-state index in [1.165, 1.54) is 12.0 Å². The Balaban J connectivity index is 1.66. The third-order valence-corrected chi connectivity index (χ3v) is 10.4. The van der Waals surface area contributed by atoms with Crippen molar-refractivity contribution < 1.29 is 43.6 Å². The summed E-state index contributed by atoms with van der Waals surface area (Å²) >= 11 is 0. The molecular formula is C40H53N3O9. The van der Waals surface area contributed by atoms with Crippen LogP contribution in [0.3, 0.4) is 0 Å². The Hall–Kier alpha value is -4.39. The van der Waals surface area contributed by atoms with Crippen molar-refractivity contribution in [3.63, 3.8) is 0 Å². The molecular weight excluding hydrogens is 666 g/mol. The number of carbonyl (C=O) groups excluding carboxylic acids is 2. The number of likely N-dealkylation sites (N-methyl/N-ethyl adjacent to an activating group) is 1. The molecule has 0 saturated heterocycles. The van der Waals surface area contributed by atoms with Gasteiger partial charge in [-0.3, -0.25) is 0 Å². The van der Waals surface area contributed by atoms with E-state index in [1.54, 1.807) is 32.2 Å². The van der Waals surface area contributed by atoms with Crippen molar-refractivity contribution in [2.45, 2.75) is 76.2 Å². The third kappa shape index (κ3) is 8.46. The monoisotopic (exact) mass is 719 g/mol. The first-order valence-electron chi connectivity index (χ1n) is 18.3. The predicted molar refractivity (Wildman–Crippen MR) is 196 cm³/mol. The lowest BCUT2D eigenvalue weighted by atomic mass is 9.55. The third-order valence-electron chi connectivity index (χ3n) is 10.4. The second kappa shape index (κ2) is 18.4. The van der Waals surface area contributed by atoms with Crippen LogP contribution in [0.15, 0.2) is 78.0 Å². The molecule has 2 aromatic rings. The first kappa shape index (κ1) is 38.8. The van der Waals surface area contributed by atoms with E-state index in [2.05, 4.69) is 23.1 Å². The summed E-state index contributed by atoms with van der Waals surface area (Å²) in [7, 11) is 3.18. The lowest BCUT2D eigenvalue weighted by Gasteiger charge is -2.59. The summed E-state index contributed by atoms with van der Waals surface area (Å²) in [5.41, 5.74) is 3.38. The van der Waals surface area contributed by atoms with Crippen LogP contribution in [0.2, 0.25) is 0 Å². The summed E-state index contributed by atoms with van der Waals surface area (Å²) < 4.78 is 25.1. The van der Waals surface area contributed by atoms with E-state index in [-0.39, 0.29) is 50.6 Å². The second-order valence-corrected chi connectivity index (χ2v) is 13.5. The van der Waals surface area contributed by atoms with Crippen LogP contribution in [-0.4, -0.2) is 85.4 Å². The molecule has 0 aromatic heterocycles. The van der Waals surface area contributed by atoms with Gasteiger partial charge in [-0.25, -0.2) is 9.59 Å². The highest BCUT2D eigenvalue weighted by atomic mass is 16.7. The predicted octanol–water partition coefficient (Wildman–Crippen LogP) is 6.33. The maximum atomic E-state index is 13.4. The molecule has 6 atom stereocenters. The summed E-state index contributed by atoms with van der Waals surface area (Å²) in [6.07, 6.45) is 7.60. The molecule has 2 aliphatic carbocycles. The van der Waals surface area contributed by atoms with E-state index in [0.29, 0.717) is 36.6 Å². The molecule has 1 fully saturated rings. The molecule has 0 bridgehead atoms. The first-order valence-corrected chi connectivity index (χ1v) is 18.3. The van der Waals surface area contributed by atoms with Crippen LogP contribution in [0.1, 0.15) is 68.9 Å². The largest absolute Gasteiger partial charge is 0.459 e. The van der Waals surface area contributed by atoms with E-state index in [4.69, 9.17) is 23.8 Å². The quantitative estimate of drug-likeness (QED) is 0.0970. The molecule has 12 nitrogen and oxygen atoms in total. The topological polar surface area (TPSA) is 148 Å². The number of oxime groups is 1. The minimum atomic E-state index is -1.38. The van der Waals surface area contributed by atoms with E-state index >= 15 is 0 Å². The number of aliphatic hydroxyl groups is 2. The lowest BCUT2D eigenvalue weighted by molar-refractivity contribution is -0.253. The number of allylic oxidation sites excluding steroid dienone is 1. The number of amides is 2. The molecule has 3 N–H and O–H groups in total. The Morgan fingerprint density at radius 3 is 2.54 bits per heavy atom. The standard InChI is InChI=1S/C40H53N3O9/c1-5-22-50-40-35(43(3)39(47)49-6-2)25-33(42-48-4)31-23-28(16-10-12-20-44)30(17-11-13-21-45)36(37(31)40)32-24-29(18-19-34(32)52-40)51-38(46)41-26-27-14-8-7-9-15-27/h5,7-9,14-15,18-19,23-24,28,30,35-37,44-45H,1,6,10-13,16-17,20-22,25-26H2,2-4H3,(H,41,46)/t28-,30+,35-,36+,37+,40+/m0/s1. The first-order chi connectivity index (χ1) is 25.3. The lowest BCUT2D eigenvalue weighted by Crippen LogP contribution is -2.69. The zero-order valence-electron chi connectivity index (χ0n) is 30.5. The number of ether oxygens (including phenoxy) is 4. The summed E-state index contributed by atoms with van der Waals surface area (Å²) in [4.78, 5) is 33.4. The van der Waals surface area contributed by atoms with Gasteiger partial charge in [-0.1, -0.05) is 60.5 Å². The summed E-state index contributed by atoms with van der Waals surface area (Å²) in [6.45, 7) is 6.52. The summed E-state index contributed by atoms with van der Waals surface area (Å²) in [6, 6.07) is 14.3. The maximum Gasteiger partial charge on any atom is 0.412 e. The number of benzene rings is 2. The Bertz CT molecular complexity index is 1580. The molecule has 3 aliphatic rings. The fourth-order valence-electron chi connectivity index (χ4n) is 8.17. The molecule has 282 valence electrons. The van der Waals surface area contributed by atoms with Gasteiger partial charge >= 0.3 is 12.2 Å². The van der Waals surface area contributed by atoms with Gasteiger partial charge in [0.2, 0.25) is 5.79 Å². The van der Waals surface area contributed by atoms with Crippen LogP contribution in [0, 0.1) is 17.8 Å². The molecule has 1 aliphatic heterocycles. The van der Waals surface area contributed by atoms with Gasteiger partial charge in [0.1, 0.15) is 24.7 Å². The van der Waals surface area contributed by atoms with Gasteiger partial charge in [0.05, 0.1) is 24.8 Å². The summed E-state index contributed by atoms with van der Waals surface area (Å²) in [5, 5.41) is 26.8. The highest BCUT2D eigenvalue weighted by Crippen LogP contribution is 2.61. The van der Waals surface area contributed by atoms with Gasteiger partial charge in [0.25, 0.3) is 0 Å². The Kier molecular flexibility index (Phi) is 13.7. The number of carbonyl (C=O) groups is 2. The smallest absolute Gasteiger partial charge is 0.412 e. The molecule has 5 rings (SSSR count). The van der Waals surface area contributed by atoms with Gasteiger partial charge < -0.3 is 44.2 Å². The number of rotatable bonds is 17. The fraction of sp³-hybridized carbons (Fsp3) is 0.525.